The highest BCUT2D eigenvalue weighted by Gasteiger charge is 2.10. The van der Waals surface area contributed by atoms with Crippen molar-refractivity contribution in [3.05, 3.63) is 28.7 Å². The summed E-state index contributed by atoms with van der Waals surface area (Å²) in [4.78, 5) is 12.9. The van der Waals surface area contributed by atoms with E-state index >= 15 is 0 Å². The van der Waals surface area contributed by atoms with Gasteiger partial charge in [-0.3, -0.25) is 0 Å². The lowest BCUT2D eigenvalue weighted by Crippen LogP contribution is -2.30. The molecule has 0 aliphatic carbocycles. The third-order valence-corrected chi connectivity index (χ3v) is 2.42. The molecule has 0 atom stereocenters. The molecule has 0 saturated heterocycles. The molecule has 4 nitrogen and oxygen atoms in total. The average molecular weight is 283 g/mol. The maximum absolute atomic E-state index is 11.5. The third kappa shape index (κ3) is 3.91. The molecule has 0 spiro atoms. The van der Waals surface area contributed by atoms with Crippen LogP contribution in [0.15, 0.2) is 28.7 Å². The van der Waals surface area contributed by atoms with Crippen LogP contribution in [-0.2, 0) is 0 Å². The van der Waals surface area contributed by atoms with Crippen molar-refractivity contribution in [3.63, 3.8) is 0 Å². The summed E-state index contributed by atoms with van der Waals surface area (Å²) in [6.07, 6.45) is -0.163. The number of carbonyl (C=O) groups excluding carboxylic acids is 1. The van der Waals surface area contributed by atoms with Crippen LogP contribution < -0.4 is 4.74 Å². The number of nitrogens with zero attached hydrogens (tertiary/aromatic N) is 2. The highest BCUT2D eigenvalue weighted by atomic mass is 79.9. The molecule has 0 unspecified atom stereocenters. The summed E-state index contributed by atoms with van der Waals surface area (Å²) in [6.45, 7) is 0.367. The van der Waals surface area contributed by atoms with Crippen molar-refractivity contribution in [2.45, 2.75) is 6.42 Å². The van der Waals surface area contributed by atoms with Gasteiger partial charge in [0.05, 0.1) is 12.5 Å². The van der Waals surface area contributed by atoms with Gasteiger partial charge in [-0.05, 0) is 24.3 Å². The van der Waals surface area contributed by atoms with Gasteiger partial charge in [0.1, 0.15) is 5.75 Å². The molecule has 1 amide bonds. The summed E-state index contributed by atoms with van der Waals surface area (Å²) >= 11 is 3.29. The molecule has 0 N–H and O–H groups in total. The number of amides is 1. The van der Waals surface area contributed by atoms with E-state index in [1.807, 2.05) is 6.07 Å². The molecule has 0 aliphatic heterocycles. The number of hydrogen-bond acceptors (Lipinski definition) is 3. The van der Waals surface area contributed by atoms with Gasteiger partial charge in [0, 0.05) is 18.1 Å². The van der Waals surface area contributed by atoms with Gasteiger partial charge in [0.15, 0.2) is 0 Å². The predicted octanol–water partition coefficient (Wildman–Crippen LogP) is 2.79. The molecule has 1 aromatic rings. The van der Waals surface area contributed by atoms with Gasteiger partial charge < -0.3 is 9.64 Å². The van der Waals surface area contributed by atoms with E-state index in [1.54, 1.807) is 31.3 Å². The molecule has 1 rings (SSSR count). The average Bonchev–Trinajstić information content (AvgIpc) is 2.29. The van der Waals surface area contributed by atoms with Crippen molar-refractivity contribution < 1.29 is 9.53 Å². The first-order valence-electron chi connectivity index (χ1n) is 4.69. The topological polar surface area (TPSA) is 53.3 Å². The number of rotatable bonds is 3. The van der Waals surface area contributed by atoms with Gasteiger partial charge in [-0.2, -0.15) is 5.26 Å². The summed E-state index contributed by atoms with van der Waals surface area (Å²) in [7, 11) is 1.60. The zero-order chi connectivity index (χ0) is 12.0. The van der Waals surface area contributed by atoms with E-state index < -0.39 is 6.09 Å². The van der Waals surface area contributed by atoms with Crippen molar-refractivity contribution >= 4 is 22.0 Å². The number of benzene rings is 1. The van der Waals surface area contributed by atoms with E-state index in [0.717, 1.165) is 4.47 Å². The van der Waals surface area contributed by atoms with Crippen molar-refractivity contribution in [1.82, 2.24) is 4.90 Å². The van der Waals surface area contributed by atoms with Crippen molar-refractivity contribution in [1.29, 1.82) is 5.26 Å². The fourth-order valence-corrected chi connectivity index (χ4v) is 1.25. The van der Waals surface area contributed by atoms with Crippen LogP contribution in [0.3, 0.4) is 0 Å². The number of ether oxygens (including phenoxy) is 1. The summed E-state index contributed by atoms with van der Waals surface area (Å²) in [5, 5.41) is 8.38. The van der Waals surface area contributed by atoms with Crippen LogP contribution in [0.1, 0.15) is 6.42 Å². The zero-order valence-corrected chi connectivity index (χ0v) is 10.4. The Balaban J connectivity index is 2.51. The Morgan fingerprint density at radius 1 is 1.50 bits per heavy atom. The van der Waals surface area contributed by atoms with Crippen molar-refractivity contribution in [3.8, 4) is 11.8 Å². The maximum atomic E-state index is 11.5. The minimum absolute atomic E-state index is 0.298. The summed E-state index contributed by atoms with van der Waals surface area (Å²) in [5.41, 5.74) is 0. The van der Waals surface area contributed by atoms with Gasteiger partial charge in [-0.1, -0.05) is 15.9 Å². The van der Waals surface area contributed by atoms with Gasteiger partial charge in [-0.25, -0.2) is 4.79 Å². The number of carbonyl (C=O) groups is 1. The van der Waals surface area contributed by atoms with Crippen LogP contribution in [-0.4, -0.2) is 24.6 Å². The second-order valence-corrected chi connectivity index (χ2v) is 4.07. The van der Waals surface area contributed by atoms with Crippen LogP contribution >= 0.6 is 15.9 Å². The highest BCUT2D eigenvalue weighted by molar-refractivity contribution is 9.10. The molecule has 5 heteroatoms. The minimum Gasteiger partial charge on any atom is -0.410 e. The predicted molar refractivity (Wildman–Crippen MR) is 63.0 cm³/mol. The SMILES string of the molecule is CN(CCC#N)C(=O)Oc1ccc(Br)cc1. The molecule has 0 aliphatic rings. The molecular formula is C11H11BrN2O2. The summed E-state index contributed by atoms with van der Waals surface area (Å²) < 4.78 is 6.01. The third-order valence-electron chi connectivity index (χ3n) is 1.89. The first-order chi connectivity index (χ1) is 7.63. The Labute approximate surface area is 103 Å². The monoisotopic (exact) mass is 282 g/mol. The van der Waals surface area contributed by atoms with Gasteiger partial charge >= 0.3 is 6.09 Å². The Morgan fingerprint density at radius 3 is 2.69 bits per heavy atom. The van der Waals surface area contributed by atoms with Crippen LogP contribution in [0.25, 0.3) is 0 Å². The van der Waals surface area contributed by atoms with Crippen molar-refractivity contribution in [2.75, 3.05) is 13.6 Å². The molecule has 84 valence electrons. The molecule has 16 heavy (non-hydrogen) atoms. The standard InChI is InChI=1S/C11H11BrN2O2/c1-14(8-2-7-13)11(15)16-10-5-3-9(12)4-6-10/h3-6H,2,8H2,1H3. The van der Waals surface area contributed by atoms with E-state index in [2.05, 4.69) is 15.9 Å². The smallest absolute Gasteiger partial charge is 0.410 e. The van der Waals surface area contributed by atoms with E-state index in [4.69, 9.17) is 10.00 Å². The molecule has 0 radical (unpaired) electrons. The van der Waals surface area contributed by atoms with Crippen LogP contribution in [0.2, 0.25) is 0 Å². The lowest BCUT2D eigenvalue weighted by Gasteiger charge is -2.14. The van der Waals surface area contributed by atoms with Crippen LogP contribution in [0.4, 0.5) is 4.79 Å². The fourth-order valence-electron chi connectivity index (χ4n) is 0.990. The Hall–Kier alpha value is -1.54. The normalized spacial score (nSPS) is 9.31. The zero-order valence-electron chi connectivity index (χ0n) is 8.81. The molecule has 1 aromatic carbocycles. The lowest BCUT2D eigenvalue weighted by molar-refractivity contribution is 0.164. The quantitative estimate of drug-likeness (QED) is 0.857. The van der Waals surface area contributed by atoms with Crippen LogP contribution in [0, 0.1) is 11.3 Å². The minimum atomic E-state index is -0.461. The van der Waals surface area contributed by atoms with E-state index in [9.17, 15) is 4.79 Å². The van der Waals surface area contributed by atoms with Crippen molar-refractivity contribution in [2.24, 2.45) is 0 Å². The Bertz CT molecular complexity index is 397. The second kappa shape index (κ2) is 6.13. The lowest BCUT2D eigenvalue weighted by atomic mass is 10.3. The van der Waals surface area contributed by atoms with E-state index in [1.165, 1.54) is 4.90 Å². The van der Waals surface area contributed by atoms with Gasteiger partial charge in [0.2, 0.25) is 0 Å². The molecule has 0 fully saturated rings. The summed E-state index contributed by atoms with van der Waals surface area (Å²) in [6, 6.07) is 8.94. The first kappa shape index (κ1) is 12.5. The molecular weight excluding hydrogens is 272 g/mol. The maximum Gasteiger partial charge on any atom is 0.414 e. The molecule has 0 heterocycles. The fraction of sp³-hybridized carbons (Fsp3) is 0.273. The molecule has 0 saturated carbocycles. The number of hydrogen-bond donors (Lipinski definition) is 0. The molecule has 0 bridgehead atoms. The van der Waals surface area contributed by atoms with Crippen LogP contribution in [0.5, 0.6) is 5.75 Å². The van der Waals surface area contributed by atoms with Gasteiger partial charge in [-0.15, -0.1) is 0 Å². The number of halogens is 1. The Morgan fingerprint density at radius 2 is 2.12 bits per heavy atom. The van der Waals surface area contributed by atoms with E-state index in [-0.39, 0.29) is 0 Å². The van der Waals surface area contributed by atoms with E-state index in [0.29, 0.717) is 18.7 Å². The second-order valence-electron chi connectivity index (χ2n) is 3.15. The summed E-state index contributed by atoms with van der Waals surface area (Å²) in [5.74, 6) is 0.483. The number of nitriles is 1. The Kier molecular flexibility index (Phi) is 4.80. The highest BCUT2D eigenvalue weighted by Crippen LogP contribution is 2.16. The first-order valence-corrected chi connectivity index (χ1v) is 5.48. The largest absolute Gasteiger partial charge is 0.414 e. The molecule has 0 aromatic heterocycles. The van der Waals surface area contributed by atoms with Gasteiger partial charge in [0.25, 0.3) is 0 Å².